The highest BCUT2D eigenvalue weighted by atomic mass is 35.5. The summed E-state index contributed by atoms with van der Waals surface area (Å²) in [5.74, 6) is -0.130. The minimum atomic E-state index is -0.504. The summed E-state index contributed by atoms with van der Waals surface area (Å²) >= 11 is 6.02. The molecular weight excluding hydrogens is 454 g/mol. The first-order chi connectivity index (χ1) is 16.3. The molecule has 0 radical (unpaired) electrons. The van der Waals surface area contributed by atoms with Crippen LogP contribution in [0.5, 0.6) is 0 Å². The summed E-state index contributed by atoms with van der Waals surface area (Å²) in [4.78, 5) is 46.3. The Labute approximate surface area is 207 Å². The van der Waals surface area contributed by atoms with Crippen molar-refractivity contribution in [2.75, 3.05) is 58.7 Å². The molecule has 3 aliphatic rings. The molecule has 1 aromatic carbocycles. The molecule has 1 unspecified atom stereocenters. The maximum atomic E-state index is 13.1. The molecule has 34 heavy (non-hydrogen) atoms. The number of benzene rings is 1. The number of piperidine rings is 1. The minimum Gasteiger partial charge on any atom is -0.347 e. The topological polar surface area (TPSA) is 76.2 Å². The average Bonchev–Trinajstić information content (AvgIpc) is 3.59. The van der Waals surface area contributed by atoms with Crippen LogP contribution in [0.15, 0.2) is 24.3 Å². The lowest BCUT2D eigenvalue weighted by molar-refractivity contribution is -0.144. The summed E-state index contributed by atoms with van der Waals surface area (Å²) in [6, 6.07) is 6.21. The number of urea groups is 1. The van der Waals surface area contributed by atoms with Crippen LogP contribution in [-0.4, -0.2) is 96.9 Å². The van der Waals surface area contributed by atoms with Gasteiger partial charge in [-0.3, -0.25) is 9.59 Å². The van der Waals surface area contributed by atoms with Crippen molar-refractivity contribution in [2.24, 2.45) is 5.41 Å². The van der Waals surface area contributed by atoms with Gasteiger partial charge in [-0.15, -0.1) is 0 Å². The molecule has 0 bridgehead atoms. The minimum absolute atomic E-state index is 0.0548. The zero-order valence-corrected chi connectivity index (χ0v) is 21.0. The third kappa shape index (κ3) is 6.02. The van der Waals surface area contributed by atoms with Crippen LogP contribution in [0.1, 0.15) is 38.5 Å². The van der Waals surface area contributed by atoms with E-state index in [2.05, 4.69) is 10.2 Å². The number of likely N-dealkylation sites (tertiary alicyclic amines) is 1. The van der Waals surface area contributed by atoms with Gasteiger partial charge in [0.25, 0.3) is 0 Å². The molecule has 3 fully saturated rings. The molecule has 4 rings (SSSR count). The van der Waals surface area contributed by atoms with Crippen LogP contribution in [0.4, 0.5) is 10.5 Å². The first-order valence-electron chi connectivity index (χ1n) is 12.3. The summed E-state index contributed by atoms with van der Waals surface area (Å²) in [6.07, 6.45) is 6.05. The van der Waals surface area contributed by atoms with Gasteiger partial charge in [-0.05, 0) is 68.8 Å². The Hall–Kier alpha value is -2.32. The van der Waals surface area contributed by atoms with Crippen molar-refractivity contribution < 1.29 is 14.4 Å². The molecule has 8 nitrogen and oxygen atoms in total. The van der Waals surface area contributed by atoms with Gasteiger partial charge < -0.3 is 24.9 Å². The van der Waals surface area contributed by atoms with E-state index >= 15 is 0 Å². The van der Waals surface area contributed by atoms with Crippen molar-refractivity contribution in [3.8, 4) is 0 Å². The third-order valence-corrected chi connectivity index (χ3v) is 7.82. The summed E-state index contributed by atoms with van der Waals surface area (Å²) in [6.45, 7) is 4.00. The van der Waals surface area contributed by atoms with E-state index in [1.165, 1.54) is 25.7 Å². The van der Waals surface area contributed by atoms with Crippen LogP contribution in [0, 0.1) is 5.41 Å². The molecule has 1 aromatic rings. The Bertz CT molecular complexity index is 910. The molecule has 4 amide bonds. The third-order valence-electron chi connectivity index (χ3n) is 7.58. The highest BCUT2D eigenvalue weighted by Gasteiger charge is 2.44. The van der Waals surface area contributed by atoms with Crippen LogP contribution in [-0.2, 0) is 9.59 Å². The summed E-state index contributed by atoms with van der Waals surface area (Å²) in [7, 11) is 3.47. The fraction of sp³-hybridized carbons (Fsp3) is 0.640. The van der Waals surface area contributed by atoms with Crippen molar-refractivity contribution in [1.82, 2.24) is 19.6 Å². The predicted molar refractivity (Wildman–Crippen MR) is 133 cm³/mol. The Kier molecular flexibility index (Phi) is 7.67. The van der Waals surface area contributed by atoms with E-state index in [0.29, 0.717) is 42.2 Å². The summed E-state index contributed by atoms with van der Waals surface area (Å²) in [5, 5.41) is 3.39. The van der Waals surface area contributed by atoms with E-state index < -0.39 is 6.04 Å². The van der Waals surface area contributed by atoms with E-state index in [0.717, 1.165) is 19.6 Å². The van der Waals surface area contributed by atoms with Crippen molar-refractivity contribution in [3.63, 3.8) is 0 Å². The molecule has 1 atom stereocenters. The van der Waals surface area contributed by atoms with E-state index in [9.17, 15) is 14.4 Å². The van der Waals surface area contributed by atoms with Gasteiger partial charge in [0.05, 0.1) is 0 Å². The highest BCUT2D eigenvalue weighted by Crippen LogP contribution is 2.53. The number of nitrogens with one attached hydrogen (secondary N) is 1. The molecule has 2 aliphatic heterocycles. The smallest absolute Gasteiger partial charge is 0.321 e. The standard InChI is InChI=1S/C25H36ClN5O3/c1-28(2)23(33)21(6-12-29-14-10-25(8-9-25)11-15-29)31-17-16-30(13-7-22(31)32)24(34)27-20-5-3-4-19(26)18-20/h3-5,18,21H,6-17H2,1-2H3,(H,27,34). The van der Waals surface area contributed by atoms with Gasteiger partial charge >= 0.3 is 6.03 Å². The number of nitrogens with zero attached hydrogens (tertiary/aromatic N) is 4. The molecule has 0 aromatic heterocycles. The van der Waals surface area contributed by atoms with Gasteiger partial charge in [-0.1, -0.05) is 17.7 Å². The van der Waals surface area contributed by atoms with Crippen LogP contribution >= 0.6 is 11.6 Å². The van der Waals surface area contributed by atoms with E-state index in [1.807, 2.05) is 0 Å². The number of hydrogen-bond donors (Lipinski definition) is 1. The molecular formula is C25H36ClN5O3. The molecule has 1 saturated carbocycles. The van der Waals surface area contributed by atoms with E-state index in [1.54, 1.807) is 53.1 Å². The molecule has 186 valence electrons. The number of carbonyl (C=O) groups is 3. The lowest BCUT2D eigenvalue weighted by atomic mass is 9.93. The van der Waals surface area contributed by atoms with E-state index in [-0.39, 0.29) is 24.3 Å². The predicted octanol–water partition coefficient (Wildman–Crippen LogP) is 3.13. The van der Waals surface area contributed by atoms with Crippen LogP contribution in [0.25, 0.3) is 0 Å². The monoisotopic (exact) mass is 489 g/mol. The first kappa shape index (κ1) is 24.8. The second-order valence-corrected chi connectivity index (χ2v) is 10.6. The number of amides is 4. The Morgan fingerprint density at radius 2 is 1.82 bits per heavy atom. The zero-order valence-electron chi connectivity index (χ0n) is 20.3. The van der Waals surface area contributed by atoms with Crippen molar-refractivity contribution >= 4 is 35.1 Å². The van der Waals surface area contributed by atoms with Crippen molar-refractivity contribution in [2.45, 2.75) is 44.6 Å². The van der Waals surface area contributed by atoms with Crippen molar-refractivity contribution in [1.29, 1.82) is 0 Å². The Morgan fingerprint density at radius 3 is 2.47 bits per heavy atom. The second-order valence-electron chi connectivity index (χ2n) is 10.1. The molecule has 1 aliphatic carbocycles. The van der Waals surface area contributed by atoms with Gasteiger partial charge in [0.2, 0.25) is 11.8 Å². The summed E-state index contributed by atoms with van der Waals surface area (Å²) < 4.78 is 0. The van der Waals surface area contributed by atoms with E-state index in [4.69, 9.17) is 11.6 Å². The molecule has 2 heterocycles. The highest BCUT2D eigenvalue weighted by molar-refractivity contribution is 6.30. The van der Waals surface area contributed by atoms with Gasteiger partial charge in [-0.2, -0.15) is 0 Å². The number of hydrogen-bond acceptors (Lipinski definition) is 4. The number of anilines is 1. The molecule has 2 saturated heterocycles. The second kappa shape index (κ2) is 10.5. The fourth-order valence-corrected chi connectivity index (χ4v) is 5.27. The molecule has 1 N–H and O–H groups in total. The van der Waals surface area contributed by atoms with Gasteiger partial charge in [-0.25, -0.2) is 4.79 Å². The quantitative estimate of drug-likeness (QED) is 0.666. The maximum Gasteiger partial charge on any atom is 0.321 e. The van der Waals surface area contributed by atoms with Gasteiger partial charge in [0.15, 0.2) is 0 Å². The van der Waals surface area contributed by atoms with Crippen LogP contribution in [0.3, 0.4) is 0 Å². The lowest BCUT2D eigenvalue weighted by Gasteiger charge is -2.36. The van der Waals surface area contributed by atoms with Crippen molar-refractivity contribution in [3.05, 3.63) is 29.3 Å². The normalized spacial score (nSPS) is 21.2. The number of likely N-dealkylation sites (N-methyl/N-ethyl adjacent to an activating group) is 1. The molecule has 1 spiro atoms. The van der Waals surface area contributed by atoms with Gasteiger partial charge in [0, 0.05) is 57.4 Å². The summed E-state index contributed by atoms with van der Waals surface area (Å²) in [5.41, 5.74) is 1.23. The Balaban J connectivity index is 1.37. The maximum absolute atomic E-state index is 13.1. The lowest BCUT2D eigenvalue weighted by Crippen LogP contribution is -2.51. The van der Waals surface area contributed by atoms with Crippen LogP contribution < -0.4 is 5.32 Å². The number of carbonyl (C=O) groups excluding carboxylic acids is 3. The fourth-order valence-electron chi connectivity index (χ4n) is 5.08. The van der Waals surface area contributed by atoms with Gasteiger partial charge in [0.1, 0.15) is 6.04 Å². The zero-order chi connectivity index (χ0) is 24.3. The Morgan fingerprint density at radius 1 is 1.09 bits per heavy atom. The van der Waals surface area contributed by atoms with Crippen LogP contribution in [0.2, 0.25) is 5.02 Å². The average molecular weight is 490 g/mol. The molecule has 9 heteroatoms. The number of halogens is 1. The number of rotatable bonds is 6. The largest absolute Gasteiger partial charge is 0.347 e. The SMILES string of the molecule is CN(C)C(=O)C(CCN1CCC2(CC1)CC2)N1CCN(C(=O)Nc2cccc(Cl)c2)CCC1=O. The first-order valence-corrected chi connectivity index (χ1v) is 12.7.